The van der Waals surface area contributed by atoms with Crippen LogP contribution >= 0.6 is 0 Å². The number of carboxylic acids is 1. The van der Waals surface area contributed by atoms with Gasteiger partial charge in [0.1, 0.15) is 0 Å². The van der Waals surface area contributed by atoms with Crippen molar-refractivity contribution < 1.29 is 31.5 Å². The molecule has 2 aliphatic rings. The molecule has 33 heavy (non-hydrogen) atoms. The highest BCUT2D eigenvalue weighted by atomic mass is 32.2. The van der Waals surface area contributed by atoms with Gasteiger partial charge in [0.25, 0.3) is 0 Å². The van der Waals surface area contributed by atoms with E-state index in [-0.39, 0.29) is 4.90 Å². The summed E-state index contributed by atoms with van der Waals surface area (Å²) in [4.78, 5) is 13.3. The molecule has 1 aliphatic carbocycles. The van der Waals surface area contributed by atoms with E-state index in [1.807, 2.05) is 4.90 Å². The molecule has 1 saturated heterocycles. The van der Waals surface area contributed by atoms with Crippen molar-refractivity contribution in [2.45, 2.75) is 49.8 Å². The van der Waals surface area contributed by atoms with Crippen molar-refractivity contribution in [1.29, 1.82) is 0 Å². The van der Waals surface area contributed by atoms with Gasteiger partial charge in [0.05, 0.1) is 16.4 Å². The van der Waals surface area contributed by atoms with E-state index in [0.717, 1.165) is 23.3 Å². The molecule has 2 aromatic rings. The second kappa shape index (κ2) is 8.32. The van der Waals surface area contributed by atoms with E-state index >= 15 is 0 Å². The minimum atomic E-state index is -4.41. The van der Waals surface area contributed by atoms with Crippen LogP contribution in [-0.2, 0) is 33.8 Å². The maximum atomic E-state index is 13.5. The van der Waals surface area contributed by atoms with Crippen LogP contribution in [0.2, 0.25) is 0 Å². The summed E-state index contributed by atoms with van der Waals surface area (Å²) in [6.45, 7) is 4.22. The van der Waals surface area contributed by atoms with Crippen molar-refractivity contribution in [3.63, 3.8) is 0 Å². The number of fused-ring (bicyclic) bond motifs is 1. The Labute approximate surface area is 190 Å². The smallest absolute Gasteiger partial charge is 0.416 e. The second-order valence-electron chi connectivity index (χ2n) is 8.86. The normalized spacial score (nSPS) is 24.0. The molecule has 178 valence electrons. The zero-order chi connectivity index (χ0) is 24.1. The van der Waals surface area contributed by atoms with Crippen LogP contribution in [0.25, 0.3) is 0 Å². The number of carbonyl (C=O) groups is 1. The maximum absolute atomic E-state index is 13.5. The topological polar surface area (TPSA) is 77.9 Å². The fourth-order valence-corrected chi connectivity index (χ4v) is 6.76. The fraction of sp³-hybridized carbons (Fsp3) is 0.435. The van der Waals surface area contributed by atoms with E-state index in [1.165, 1.54) is 22.5 Å². The first-order valence-corrected chi connectivity index (χ1v) is 12.1. The SMILES string of the molecule is C[C@@H]1CN(c2ccc(C(F)(F)F)cc2)C[C@H](C)N1S(=O)(=O)c1ccc2c(c1)CC(C(=O)O)C2. The molecular weight excluding hydrogens is 457 g/mol. The molecule has 3 atom stereocenters. The molecule has 1 heterocycles. The zero-order valence-corrected chi connectivity index (χ0v) is 19.0. The summed E-state index contributed by atoms with van der Waals surface area (Å²) in [5.74, 6) is -1.43. The Morgan fingerprint density at radius 3 is 2.09 bits per heavy atom. The van der Waals surface area contributed by atoms with Gasteiger partial charge in [0.15, 0.2) is 0 Å². The number of rotatable bonds is 4. The summed E-state index contributed by atoms with van der Waals surface area (Å²) in [6.07, 6.45) is -3.71. The van der Waals surface area contributed by atoms with Crippen LogP contribution in [0.4, 0.5) is 18.9 Å². The Morgan fingerprint density at radius 2 is 1.55 bits per heavy atom. The molecule has 0 radical (unpaired) electrons. The van der Waals surface area contributed by atoms with Gasteiger partial charge in [-0.25, -0.2) is 8.42 Å². The lowest BCUT2D eigenvalue weighted by atomic mass is 10.1. The van der Waals surface area contributed by atoms with Gasteiger partial charge in [-0.15, -0.1) is 0 Å². The van der Waals surface area contributed by atoms with Gasteiger partial charge in [-0.2, -0.15) is 17.5 Å². The molecule has 1 unspecified atom stereocenters. The largest absolute Gasteiger partial charge is 0.481 e. The summed E-state index contributed by atoms with van der Waals surface area (Å²) in [5, 5.41) is 9.27. The molecule has 0 amide bonds. The lowest BCUT2D eigenvalue weighted by Crippen LogP contribution is -2.58. The maximum Gasteiger partial charge on any atom is 0.416 e. The minimum absolute atomic E-state index is 0.133. The Morgan fingerprint density at radius 1 is 0.970 bits per heavy atom. The van der Waals surface area contributed by atoms with Crippen LogP contribution in [0, 0.1) is 5.92 Å². The number of nitrogens with zero attached hydrogens (tertiary/aromatic N) is 2. The van der Waals surface area contributed by atoms with Gasteiger partial charge in [-0.3, -0.25) is 4.79 Å². The number of piperazine rings is 1. The zero-order valence-electron chi connectivity index (χ0n) is 18.2. The summed E-state index contributed by atoms with van der Waals surface area (Å²) in [6, 6.07) is 8.85. The number of hydrogen-bond donors (Lipinski definition) is 1. The Bertz CT molecular complexity index is 1150. The summed E-state index contributed by atoms with van der Waals surface area (Å²) >= 11 is 0. The molecule has 0 saturated carbocycles. The van der Waals surface area contributed by atoms with Crippen molar-refractivity contribution in [2.24, 2.45) is 5.92 Å². The quantitative estimate of drug-likeness (QED) is 0.718. The molecule has 1 N–H and O–H groups in total. The van der Waals surface area contributed by atoms with Gasteiger partial charge in [-0.1, -0.05) is 6.07 Å². The lowest BCUT2D eigenvalue weighted by Gasteiger charge is -2.44. The average Bonchev–Trinajstić information content (AvgIpc) is 3.16. The standard InChI is InChI=1S/C23H25F3N2O4S/c1-14-12-27(20-6-4-19(5-7-20)23(24,25)26)13-15(2)28(14)33(31,32)21-8-3-16-9-18(22(29)30)10-17(16)11-21/h3-8,11,14-15,18H,9-10,12-13H2,1-2H3,(H,29,30)/t14-,15+,18?. The van der Waals surface area contributed by atoms with Gasteiger partial charge in [-0.05, 0) is 74.2 Å². The Kier molecular flexibility index (Phi) is 5.94. The van der Waals surface area contributed by atoms with Crippen LogP contribution in [0.1, 0.15) is 30.5 Å². The van der Waals surface area contributed by atoms with E-state index in [4.69, 9.17) is 0 Å². The van der Waals surface area contributed by atoms with Crippen LogP contribution < -0.4 is 4.90 Å². The van der Waals surface area contributed by atoms with Crippen LogP contribution in [0.5, 0.6) is 0 Å². The Hall–Kier alpha value is -2.59. The van der Waals surface area contributed by atoms with Crippen molar-refractivity contribution in [3.8, 4) is 0 Å². The number of halogens is 3. The van der Waals surface area contributed by atoms with Gasteiger partial charge < -0.3 is 10.0 Å². The highest BCUT2D eigenvalue weighted by Crippen LogP contribution is 2.34. The van der Waals surface area contributed by atoms with Crippen LogP contribution in [0.15, 0.2) is 47.4 Å². The molecule has 0 bridgehead atoms. The van der Waals surface area contributed by atoms with E-state index in [2.05, 4.69) is 0 Å². The van der Waals surface area contributed by atoms with Crippen LogP contribution in [0.3, 0.4) is 0 Å². The van der Waals surface area contributed by atoms with Gasteiger partial charge in [0.2, 0.25) is 10.0 Å². The predicted molar refractivity (Wildman–Crippen MR) is 117 cm³/mol. The van der Waals surface area contributed by atoms with Crippen LogP contribution in [-0.4, -0.2) is 49.0 Å². The second-order valence-corrected chi connectivity index (χ2v) is 10.7. The van der Waals surface area contributed by atoms with Crippen molar-refractivity contribution >= 4 is 21.7 Å². The first-order chi connectivity index (χ1) is 15.4. The number of carboxylic acid groups (broad SMARTS) is 1. The third-order valence-corrected chi connectivity index (χ3v) is 8.56. The predicted octanol–water partition coefficient (Wildman–Crippen LogP) is 3.79. The summed E-state index contributed by atoms with van der Waals surface area (Å²) in [7, 11) is -3.84. The first kappa shape index (κ1) is 23.6. The van der Waals surface area contributed by atoms with Crippen molar-refractivity contribution in [2.75, 3.05) is 18.0 Å². The van der Waals surface area contributed by atoms with E-state index in [0.29, 0.717) is 31.6 Å². The fourth-order valence-electron chi connectivity index (χ4n) is 4.90. The third kappa shape index (κ3) is 4.46. The highest BCUT2D eigenvalue weighted by molar-refractivity contribution is 7.89. The molecule has 0 aromatic heterocycles. The van der Waals surface area contributed by atoms with Crippen molar-refractivity contribution in [1.82, 2.24) is 4.31 Å². The molecule has 1 aliphatic heterocycles. The molecule has 4 rings (SSSR count). The van der Waals surface area contributed by atoms with Crippen molar-refractivity contribution in [3.05, 3.63) is 59.2 Å². The lowest BCUT2D eigenvalue weighted by molar-refractivity contribution is -0.141. The van der Waals surface area contributed by atoms with Gasteiger partial charge in [0, 0.05) is 30.9 Å². The number of benzene rings is 2. The molecule has 6 nitrogen and oxygen atoms in total. The summed E-state index contributed by atoms with van der Waals surface area (Å²) < 4.78 is 67.0. The molecule has 10 heteroatoms. The first-order valence-electron chi connectivity index (χ1n) is 10.7. The Balaban J connectivity index is 1.54. The van der Waals surface area contributed by atoms with E-state index in [9.17, 15) is 31.5 Å². The molecule has 1 fully saturated rings. The number of hydrogen-bond acceptors (Lipinski definition) is 4. The summed E-state index contributed by atoms with van der Waals surface area (Å²) in [5.41, 5.74) is 1.48. The molecular formula is C23H25F3N2O4S. The average molecular weight is 483 g/mol. The monoisotopic (exact) mass is 482 g/mol. The van der Waals surface area contributed by atoms with E-state index in [1.54, 1.807) is 26.0 Å². The van der Waals surface area contributed by atoms with Gasteiger partial charge >= 0.3 is 12.1 Å². The molecule has 2 aromatic carbocycles. The third-order valence-electron chi connectivity index (χ3n) is 6.43. The van der Waals surface area contributed by atoms with E-state index < -0.39 is 45.7 Å². The minimum Gasteiger partial charge on any atom is -0.481 e. The number of anilines is 1. The number of aliphatic carboxylic acids is 1. The number of sulfonamides is 1. The number of alkyl halides is 3. The highest BCUT2D eigenvalue weighted by Gasteiger charge is 2.39. The molecule has 0 spiro atoms.